The average molecular weight is 365 g/mol. The first kappa shape index (κ1) is 20.0. The molecule has 1 heterocycles. The number of ether oxygens (including phenoxy) is 1. The van der Waals surface area contributed by atoms with E-state index < -0.39 is 5.60 Å². The summed E-state index contributed by atoms with van der Waals surface area (Å²) in [5.74, 6) is -0.383. The first-order chi connectivity index (χ1) is 12.2. The summed E-state index contributed by atoms with van der Waals surface area (Å²) in [5.41, 5.74) is 0.712. The molecule has 0 radical (unpaired) electrons. The quantitative estimate of drug-likeness (QED) is 0.891. The van der Waals surface area contributed by atoms with Gasteiger partial charge in [0, 0.05) is 39.1 Å². The Morgan fingerprint density at radius 3 is 2.38 bits per heavy atom. The van der Waals surface area contributed by atoms with Crippen LogP contribution in [0.5, 0.6) is 0 Å². The summed E-state index contributed by atoms with van der Waals surface area (Å²) in [5, 5.41) is 2.73. The highest BCUT2D eigenvalue weighted by Crippen LogP contribution is 2.22. The highest BCUT2D eigenvalue weighted by atomic mass is 19.1. The van der Waals surface area contributed by atoms with Crippen LogP contribution in [0.3, 0.4) is 0 Å². The van der Waals surface area contributed by atoms with Gasteiger partial charge in [-0.1, -0.05) is 13.0 Å². The normalized spacial score (nSPS) is 15.0. The van der Waals surface area contributed by atoms with Gasteiger partial charge in [0.2, 0.25) is 5.91 Å². The van der Waals surface area contributed by atoms with Crippen LogP contribution in [0, 0.1) is 5.82 Å². The summed E-state index contributed by atoms with van der Waals surface area (Å²) in [4.78, 5) is 27.0. The lowest BCUT2D eigenvalue weighted by Gasteiger charge is -2.36. The van der Waals surface area contributed by atoms with Crippen molar-refractivity contribution < 1.29 is 18.7 Å². The van der Waals surface area contributed by atoms with Gasteiger partial charge < -0.3 is 19.9 Å². The lowest BCUT2D eigenvalue weighted by Crippen LogP contribution is -2.50. The van der Waals surface area contributed by atoms with Gasteiger partial charge in [0.15, 0.2) is 0 Å². The maximum Gasteiger partial charge on any atom is 0.410 e. The largest absolute Gasteiger partial charge is 0.444 e. The number of hydrogen-bond acceptors (Lipinski definition) is 4. The van der Waals surface area contributed by atoms with E-state index in [9.17, 15) is 14.0 Å². The fraction of sp³-hybridized carbons (Fsp3) is 0.579. The molecule has 2 rings (SSSR count). The van der Waals surface area contributed by atoms with Crippen molar-refractivity contribution in [2.75, 3.05) is 31.1 Å². The predicted molar refractivity (Wildman–Crippen MR) is 98.6 cm³/mol. The van der Waals surface area contributed by atoms with Gasteiger partial charge in [-0.25, -0.2) is 9.18 Å². The minimum atomic E-state index is -0.524. The fourth-order valence-corrected chi connectivity index (χ4v) is 2.70. The van der Waals surface area contributed by atoms with Gasteiger partial charge >= 0.3 is 6.09 Å². The summed E-state index contributed by atoms with van der Waals surface area (Å²) >= 11 is 0. The molecular weight excluding hydrogens is 337 g/mol. The van der Waals surface area contributed by atoms with Crippen molar-refractivity contribution in [1.82, 2.24) is 10.2 Å². The summed E-state index contributed by atoms with van der Waals surface area (Å²) < 4.78 is 19.8. The molecule has 0 unspecified atom stereocenters. The standard InChI is InChI=1S/C19H28FN3O3/c1-5-17(24)21-13-14-6-7-16(15(20)12-14)22-8-10-23(11-9-22)18(25)26-19(2,3)4/h6-7,12H,5,8-11,13H2,1-4H3,(H,21,24). The monoisotopic (exact) mass is 365 g/mol. The molecule has 2 amide bonds. The number of carbonyl (C=O) groups is 2. The Balaban J connectivity index is 1.92. The number of halogens is 1. The molecule has 0 spiro atoms. The van der Waals surface area contributed by atoms with Crippen molar-refractivity contribution in [2.24, 2.45) is 0 Å². The average Bonchev–Trinajstić information content (AvgIpc) is 2.58. The third-order valence-corrected chi connectivity index (χ3v) is 4.09. The second kappa shape index (κ2) is 8.38. The molecule has 0 atom stereocenters. The number of amides is 2. The molecule has 1 aliphatic rings. The van der Waals surface area contributed by atoms with Crippen LogP contribution < -0.4 is 10.2 Å². The third kappa shape index (κ3) is 5.61. The zero-order valence-corrected chi connectivity index (χ0v) is 16.0. The molecule has 1 aliphatic heterocycles. The van der Waals surface area contributed by atoms with Gasteiger partial charge in [-0.15, -0.1) is 0 Å². The van der Waals surface area contributed by atoms with Crippen molar-refractivity contribution in [3.8, 4) is 0 Å². The number of carbonyl (C=O) groups excluding carboxylic acids is 2. The van der Waals surface area contributed by atoms with Crippen LogP contribution in [0.2, 0.25) is 0 Å². The maximum absolute atomic E-state index is 14.5. The van der Waals surface area contributed by atoms with Gasteiger partial charge in [0.05, 0.1) is 5.69 Å². The molecule has 1 saturated heterocycles. The topological polar surface area (TPSA) is 61.9 Å². The van der Waals surface area contributed by atoms with E-state index in [1.807, 2.05) is 31.7 Å². The summed E-state index contributed by atoms with van der Waals surface area (Å²) in [6, 6.07) is 4.99. The van der Waals surface area contributed by atoms with Crippen LogP contribution in [0.25, 0.3) is 0 Å². The molecule has 0 aromatic heterocycles. The Morgan fingerprint density at radius 2 is 1.85 bits per heavy atom. The molecule has 0 saturated carbocycles. The van der Waals surface area contributed by atoms with Gasteiger partial charge in [0.1, 0.15) is 11.4 Å². The molecule has 1 aromatic rings. The minimum absolute atomic E-state index is 0.0623. The molecule has 26 heavy (non-hydrogen) atoms. The first-order valence-electron chi connectivity index (χ1n) is 8.97. The van der Waals surface area contributed by atoms with Gasteiger partial charge in [-0.2, -0.15) is 0 Å². The van der Waals surface area contributed by atoms with Crippen molar-refractivity contribution in [3.05, 3.63) is 29.6 Å². The molecular formula is C19H28FN3O3. The van der Waals surface area contributed by atoms with Crippen LogP contribution in [0.1, 0.15) is 39.7 Å². The van der Waals surface area contributed by atoms with E-state index >= 15 is 0 Å². The van der Waals surface area contributed by atoms with Crippen LogP contribution in [0.15, 0.2) is 18.2 Å². The number of nitrogens with one attached hydrogen (secondary N) is 1. The van der Waals surface area contributed by atoms with E-state index in [2.05, 4.69) is 5.32 Å². The van der Waals surface area contributed by atoms with E-state index in [1.165, 1.54) is 6.07 Å². The molecule has 144 valence electrons. The number of benzene rings is 1. The molecule has 1 fully saturated rings. The summed E-state index contributed by atoms with van der Waals surface area (Å²) in [6.07, 6.45) is 0.0716. The summed E-state index contributed by atoms with van der Waals surface area (Å²) in [7, 11) is 0. The molecule has 0 bridgehead atoms. The number of nitrogens with zero attached hydrogens (tertiary/aromatic N) is 2. The van der Waals surface area contributed by atoms with Crippen molar-refractivity contribution in [1.29, 1.82) is 0 Å². The van der Waals surface area contributed by atoms with Crippen LogP contribution in [-0.2, 0) is 16.1 Å². The molecule has 1 N–H and O–H groups in total. The zero-order valence-electron chi connectivity index (χ0n) is 16.0. The predicted octanol–water partition coefficient (Wildman–Crippen LogP) is 2.91. The van der Waals surface area contributed by atoms with E-state index in [4.69, 9.17) is 4.74 Å². The van der Waals surface area contributed by atoms with Gasteiger partial charge in [-0.3, -0.25) is 4.79 Å². The Kier molecular flexibility index (Phi) is 6.45. The molecule has 7 heteroatoms. The van der Waals surface area contributed by atoms with Crippen LogP contribution in [0.4, 0.5) is 14.9 Å². The number of anilines is 1. The second-order valence-corrected chi connectivity index (χ2v) is 7.37. The SMILES string of the molecule is CCC(=O)NCc1ccc(N2CCN(C(=O)OC(C)(C)C)CC2)c(F)c1. The van der Waals surface area contributed by atoms with E-state index in [-0.39, 0.29) is 17.8 Å². The fourth-order valence-electron chi connectivity index (χ4n) is 2.70. The van der Waals surface area contributed by atoms with Crippen molar-refractivity contribution in [2.45, 2.75) is 46.3 Å². The molecule has 6 nitrogen and oxygen atoms in total. The third-order valence-electron chi connectivity index (χ3n) is 4.09. The highest BCUT2D eigenvalue weighted by Gasteiger charge is 2.26. The Morgan fingerprint density at radius 1 is 1.19 bits per heavy atom. The molecule has 1 aromatic carbocycles. The Bertz CT molecular complexity index is 650. The zero-order chi connectivity index (χ0) is 19.3. The first-order valence-corrected chi connectivity index (χ1v) is 8.97. The van der Waals surface area contributed by atoms with Crippen LogP contribution in [-0.4, -0.2) is 48.7 Å². The van der Waals surface area contributed by atoms with Gasteiger partial charge in [-0.05, 0) is 38.5 Å². The maximum atomic E-state index is 14.5. The Hall–Kier alpha value is -2.31. The second-order valence-electron chi connectivity index (χ2n) is 7.37. The lowest BCUT2D eigenvalue weighted by molar-refractivity contribution is -0.120. The number of hydrogen-bond donors (Lipinski definition) is 1. The number of rotatable bonds is 4. The van der Waals surface area contributed by atoms with E-state index in [0.717, 1.165) is 5.56 Å². The smallest absolute Gasteiger partial charge is 0.410 e. The van der Waals surface area contributed by atoms with Gasteiger partial charge in [0.25, 0.3) is 0 Å². The highest BCUT2D eigenvalue weighted by molar-refractivity contribution is 5.75. The minimum Gasteiger partial charge on any atom is -0.444 e. The summed E-state index contributed by atoms with van der Waals surface area (Å²) in [6.45, 7) is 9.66. The Labute approximate surface area is 154 Å². The van der Waals surface area contributed by atoms with E-state index in [0.29, 0.717) is 44.8 Å². The van der Waals surface area contributed by atoms with Crippen molar-refractivity contribution >= 4 is 17.7 Å². The van der Waals surface area contributed by atoms with Crippen molar-refractivity contribution in [3.63, 3.8) is 0 Å². The number of piperazine rings is 1. The lowest BCUT2D eigenvalue weighted by atomic mass is 10.1. The van der Waals surface area contributed by atoms with Crippen LogP contribution >= 0.6 is 0 Å². The van der Waals surface area contributed by atoms with E-state index in [1.54, 1.807) is 17.9 Å². The molecule has 0 aliphatic carbocycles.